The topological polar surface area (TPSA) is 66.0 Å². The number of carbonyl (C=O) groups is 1. The van der Waals surface area contributed by atoms with Crippen molar-refractivity contribution >= 4 is 35.8 Å². The van der Waals surface area contributed by atoms with Gasteiger partial charge in [0.05, 0.1) is 18.2 Å². The number of carbonyl (C=O) groups excluding carboxylic acids is 1. The largest absolute Gasteiger partial charge is 0.373 e. The summed E-state index contributed by atoms with van der Waals surface area (Å²) in [5.41, 5.74) is 2.41. The molecule has 3 aliphatic heterocycles. The molecule has 2 bridgehead atoms. The lowest BCUT2D eigenvalue weighted by molar-refractivity contribution is -0.128. The van der Waals surface area contributed by atoms with Crippen molar-refractivity contribution in [3.8, 4) is 0 Å². The van der Waals surface area contributed by atoms with Crippen LogP contribution >= 0.6 is 24.0 Å². The van der Waals surface area contributed by atoms with Gasteiger partial charge in [-0.3, -0.25) is 9.79 Å². The number of nitrogens with one attached hydrogen (secondary N) is 2. The number of rotatable bonds is 5. The highest BCUT2D eigenvalue weighted by atomic mass is 127. The van der Waals surface area contributed by atoms with E-state index in [-0.39, 0.29) is 29.9 Å². The number of likely N-dealkylation sites (tertiary alicyclic amines) is 1. The molecule has 1 amide bonds. The molecule has 1 aromatic rings. The third-order valence-electron chi connectivity index (χ3n) is 5.75. The Kier molecular flexibility index (Phi) is 6.97. The van der Waals surface area contributed by atoms with Crippen LogP contribution in [0.2, 0.25) is 0 Å². The van der Waals surface area contributed by atoms with Crippen molar-refractivity contribution in [1.82, 2.24) is 15.5 Å². The zero-order valence-electron chi connectivity index (χ0n) is 15.8. The van der Waals surface area contributed by atoms with Gasteiger partial charge in [-0.1, -0.05) is 24.3 Å². The summed E-state index contributed by atoms with van der Waals surface area (Å²) in [4.78, 5) is 18.3. The molecule has 7 heteroatoms. The van der Waals surface area contributed by atoms with Crippen LogP contribution in [-0.2, 0) is 22.6 Å². The fraction of sp³-hybridized carbons (Fsp3) is 0.600. The lowest BCUT2D eigenvalue weighted by Gasteiger charge is -2.23. The van der Waals surface area contributed by atoms with E-state index < -0.39 is 0 Å². The van der Waals surface area contributed by atoms with Crippen molar-refractivity contribution in [1.29, 1.82) is 0 Å². The van der Waals surface area contributed by atoms with Crippen LogP contribution in [0.5, 0.6) is 0 Å². The summed E-state index contributed by atoms with van der Waals surface area (Å²) in [5, 5.41) is 6.94. The van der Waals surface area contributed by atoms with Crippen LogP contribution in [0.4, 0.5) is 0 Å². The Bertz CT molecular complexity index is 696. The molecule has 27 heavy (non-hydrogen) atoms. The van der Waals surface area contributed by atoms with Gasteiger partial charge < -0.3 is 20.3 Å². The van der Waals surface area contributed by atoms with E-state index in [1.165, 1.54) is 17.5 Å². The number of hydrogen-bond acceptors (Lipinski definition) is 3. The summed E-state index contributed by atoms with van der Waals surface area (Å²) in [6, 6.07) is 8.68. The molecule has 3 saturated heterocycles. The third-order valence-corrected chi connectivity index (χ3v) is 5.75. The van der Waals surface area contributed by atoms with Crippen LogP contribution in [0.25, 0.3) is 0 Å². The van der Waals surface area contributed by atoms with Crippen LogP contribution < -0.4 is 10.6 Å². The summed E-state index contributed by atoms with van der Waals surface area (Å²) < 4.78 is 5.91. The molecule has 4 rings (SSSR count). The molecule has 0 aliphatic carbocycles. The van der Waals surface area contributed by atoms with Gasteiger partial charge >= 0.3 is 0 Å². The van der Waals surface area contributed by atoms with Gasteiger partial charge in [-0.2, -0.15) is 0 Å². The van der Waals surface area contributed by atoms with Crippen LogP contribution in [0.3, 0.4) is 0 Å². The van der Waals surface area contributed by atoms with Crippen molar-refractivity contribution in [3.05, 3.63) is 35.4 Å². The number of halogens is 1. The second-order valence-corrected chi connectivity index (χ2v) is 7.47. The first-order valence-electron chi connectivity index (χ1n) is 9.70. The summed E-state index contributed by atoms with van der Waals surface area (Å²) >= 11 is 0. The van der Waals surface area contributed by atoms with Gasteiger partial charge in [0.15, 0.2) is 5.96 Å². The van der Waals surface area contributed by atoms with Gasteiger partial charge in [0.2, 0.25) is 5.91 Å². The molecule has 3 atom stereocenters. The number of aliphatic imine (C=N–C) groups is 1. The molecule has 0 aromatic heterocycles. The second-order valence-electron chi connectivity index (χ2n) is 7.47. The number of nitrogens with zero attached hydrogens (tertiary/aromatic N) is 2. The van der Waals surface area contributed by atoms with Crippen LogP contribution in [0.1, 0.15) is 43.2 Å². The fourth-order valence-electron chi connectivity index (χ4n) is 4.30. The average Bonchev–Trinajstić information content (AvgIpc) is 3.37. The summed E-state index contributed by atoms with van der Waals surface area (Å²) in [6.07, 6.45) is 5.81. The smallest absolute Gasteiger partial charge is 0.222 e. The van der Waals surface area contributed by atoms with Crippen molar-refractivity contribution in [2.24, 2.45) is 4.99 Å². The standard InChI is InChI=1S/C20H28N4O2.HI/c1-21-20(23-17-11-16-8-9-18(17)26-16)22-12-14-5-2-3-6-15(14)13-24-10-4-7-19(24)25;/h2-3,5-6,16-18H,4,7-13H2,1H3,(H2,21,22,23);1H. The van der Waals surface area contributed by atoms with Gasteiger partial charge in [-0.05, 0) is 36.8 Å². The van der Waals surface area contributed by atoms with E-state index in [2.05, 4.69) is 27.8 Å². The average molecular weight is 484 g/mol. The van der Waals surface area contributed by atoms with Crippen molar-refractivity contribution < 1.29 is 9.53 Å². The highest BCUT2D eigenvalue weighted by Gasteiger charge is 2.41. The van der Waals surface area contributed by atoms with E-state index in [1.54, 1.807) is 7.05 Å². The van der Waals surface area contributed by atoms with Crippen LogP contribution in [-0.4, -0.2) is 48.6 Å². The number of amides is 1. The van der Waals surface area contributed by atoms with Gasteiger partial charge in [-0.15, -0.1) is 24.0 Å². The Labute approximate surface area is 178 Å². The van der Waals surface area contributed by atoms with E-state index in [1.807, 2.05) is 17.0 Å². The maximum atomic E-state index is 11.9. The molecule has 2 N–H and O–H groups in total. The molecule has 3 heterocycles. The Morgan fingerprint density at radius 2 is 2.11 bits per heavy atom. The van der Waals surface area contributed by atoms with E-state index in [4.69, 9.17) is 4.74 Å². The van der Waals surface area contributed by atoms with Crippen LogP contribution in [0.15, 0.2) is 29.3 Å². The number of benzene rings is 1. The number of guanidine groups is 1. The monoisotopic (exact) mass is 484 g/mol. The van der Waals surface area contributed by atoms with E-state index in [0.29, 0.717) is 37.8 Å². The molecule has 6 nitrogen and oxygen atoms in total. The van der Waals surface area contributed by atoms with Crippen molar-refractivity contribution in [2.45, 2.75) is 63.4 Å². The molecule has 3 aliphatic rings. The maximum absolute atomic E-state index is 11.9. The zero-order chi connectivity index (χ0) is 17.9. The normalized spacial score (nSPS) is 27.0. The third kappa shape index (κ3) is 4.74. The van der Waals surface area contributed by atoms with Crippen LogP contribution in [0, 0.1) is 0 Å². The highest BCUT2D eigenvalue weighted by molar-refractivity contribution is 14.0. The quantitative estimate of drug-likeness (QED) is 0.383. The maximum Gasteiger partial charge on any atom is 0.222 e. The number of hydrogen-bond donors (Lipinski definition) is 2. The first-order chi connectivity index (χ1) is 12.7. The molecule has 0 spiro atoms. The molecule has 0 radical (unpaired) electrons. The van der Waals surface area contributed by atoms with Gasteiger partial charge in [0.25, 0.3) is 0 Å². The molecular formula is C20H29IN4O2. The lowest BCUT2D eigenvalue weighted by atomic mass is 9.96. The minimum atomic E-state index is 0. The predicted octanol–water partition coefficient (Wildman–Crippen LogP) is 2.41. The first-order valence-corrected chi connectivity index (χ1v) is 9.70. The van der Waals surface area contributed by atoms with Crippen molar-refractivity contribution in [2.75, 3.05) is 13.6 Å². The zero-order valence-corrected chi connectivity index (χ0v) is 18.1. The summed E-state index contributed by atoms with van der Waals surface area (Å²) in [5.74, 6) is 1.08. The van der Waals surface area contributed by atoms with E-state index in [9.17, 15) is 4.79 Å². The summed E-state index contributed by atoms with van der Waals surface area (Å²) in [6.45, 7) is 2.26. The van der Waals surface area contributed by atoms with Gasteiger partial charge in [0, 0.05) is 33.1 Å². The number of ether oxygens (including phenoxy) is 1. The molecule has 148 valence electrons. The SMILES string of the molecule is CN=C(NCc1ccccc1CN1CCCC1=O)NC1CC2CCC1O2.I. The molecular weight excluding hydrogens is 455 g/mol. The first kappa shape index (κ1) is 20.4. The van der Waals surface area contributed by atoms with E-state index in [0.717, 1.165) is 31.8 Å². The molecule has 0 saturated carbocycles. The lowest BCUT2D eigenvalue weighted by Crippen LogP contribution is -2.47. The fourth-order valence-corrected chi connectivity index (χ4v) is 4.30. The number of fused-ring (bicyclic) bond motifs is 2. The Morgan fingerprint density at radius 1 is 1.30 bits per heavy atom. The van der Waals surface area contributed by atoms with Gasteiger partial charge in [-0.25, -0.2) is 0 Å². The van der Waals surface area contributed by atoms with E-state index >= 15 is 0 Å². The minimum Gasteiger partial charge on any atom is -0.373 e. The van der Waals surface area contributed by atoms with Gasteiger partial charge in [0.1, 0.15) is 0 Å². The minimum absolute atomic E-state index is 0. The molecule has 3 unspecified atom stereocenters. The predicted molar refractivity (Wildman–Crippen MR) is 116 cm³/mol. The highest BCUT2D eigenvalue weighted by Crippen LogP contribution is 2.34. The Balaban J connectivity index is 0.00000210. The second kappa shape index (κ2) is 9.23. The molecule has 3 fully saturated rings. The Morgan fingerprint density at radius 3 is 2.74 bits per heavy atom. The molecule has 1 aromatic carbocycles. The van der Waals surface area contributed by atoms with Crippen molar-refractivity contribution in [3.63, 3.8) is 0 Å². The Hall–Kier alpha value is -1.35. The summed E-state index contributed by atoms with van der Waals surface area (Å²) in [7, 11) is 1.80.